The number of nitrogens with zero attached hydrogens (tertiary/aromatic N) is 3. The molecule has 0 spiro atoms. The highest BCUT2D eigenvalue weighted by Gasteiger charge is 2.14. The summed E-state index contributed by atoms with van der Waals surface area (Å²) in [6.07, 6.45) is 2.31. The number of amides is 1. The van der Waals surface area contributed by atoms with Crippen LogP contribution in [0.4, 0.5) is 5.69 Å². The van der Waals surface area contributed by atoms with E-state index in [1.165, 1.54) is 5.56 Å². The van der Waals surface area contributed by atoms with E-state index in [2.05, 4.69) is 41.3 Å². The minimum atomic E-state index is -0.0916. The van der Waals surface area contributed by atoms with Crippen molar-refractivity contribution >= 4 is 11.6 Å². The van der Waals surface area contributed by atoms with E-state index in [0.29, 0.717) is 23.9 Å². The molecule has 0 atom stereocenters. The van der Waals surface area contributed by atoms with Crippen molar-refractivity contribution in [1.82, 2.24) is 15.2 Å². The van der Waals surface area contributed by atoms with Gasteiger partial charge in [0.15, 0.2) is 0 Å². The van der Waals surface area contributed by atoms with Crippen molar-refractivity contribution in [2.45, 2.75) is 39.0 Å². The maximum absolute atomic E-state index is 12.1. The number of aryl methyl sites for hydroxylation is 1. The Morgan fingerprint density at radius 2 is 1.85 bits per heavy atom. The quantitative estimate of drug-likeness (QED) is 0.752. The van der Waals surface area contributed by atoms with E-state index in [-0.39, 0.29) is 17.7 Å². The van der Waals surface area contributed by atoms with Gasteiger partial charge in [-0.2, -0.15) is 0 Å². The van der Waals surface area contributed by atoms with E-state index in [4.69, 9.17) is 4.42 Å². The number of aromatic nitrogens is 3. The molecule has 26 heavy (non-hydrogen) atoms. The van der Waals surface area contributed by atoms with Crippen molar-refractivity contribution in [3.63, 3.8) is 0 Å². The van der Waals surface area contributed by atoms with Crippen molar-refractivity contribution in [2.24, 2.45) is 0 Å². The molecule has 0 aliphatic heterocycles. The van der Waals surface area contributed by atoms with E-state index in [9.17, 15) is 4.79 Å². The highest BCUT2D eigenvalue weighted by atomic mass is 16.4. The van der Waals surface area contributed by atoms with Gasteiger partial charge in [-0.15, -0.1) is 10.2 Å². The molecular weight excluding hydrogens is 328 g/mol. The Labute approximate surface area is 152 Å². The highest BCUT2D eigenvalue weighted by molar-refractivity contribution is 5.90. The fourth-order valence-corrected chi connectivity index (χ4v) is 2.44. The molecule has 0 aliphatic carbocycles. The van der Waals surface area contributed by atoms with Crippen LogP contribution in [-0.4, -0.2) is 21.1 Å². The van der Waals surface area contributed by atoms with E-state index in [1.54, 1.807) is 12.3 Å². The third-order valence-corrected chi connectivity index (χ3v) is 3.95. The monoisotopic (exact) mass is 350 g/mol. The molecular formula is C20H22N4O2. The second kappa shape index (κ2) is 7.47. The molecule has 6 nitrogen and oxygen atoms in total. The van der Waals surface area contributed by atoms with Crippen LogP contribution >= 0.6 is 0 Å². The molecule has 0 radical (unpaired) electrons. The van der Waals surface area contributed by atoms with Gasteiger partial charge in [-0.3, -0.25) is 9.78 Å². The molecule has 3 aromatic rings. The Kier molecular flexibility index (Phi) is 5.11. The Balaban J connectivity index is 1.54. The number of hydrogen-bond acceptors (Lipinski definition) is 5. The number of carbonyl (C=O) groups is 1. The lowest BCUT2D eigenvalue weighted by molar-refractivity contribution is -0.116. The van der Waals surface area contributed by atoms with Gasteiger partial charge in [0.1, 0.15) is 5.69 Å². The number of carbonyl (C=O) groups excluding carboxylic acids is 1. The van der Waals surface area contributed by atoms with Crippen LogP contribution in [0.5, 0.6) is 0 Å². The van der Waals surface area contributed by atoms with Crippen molar-refractivity contribution in [2.75, 3.05) is 5.32 Å². The van der Waals surface area contributed by atoms with Crippen LogP contribution in [-0.2, 0) is 16.6 Å². The van der Waals surface area contributed by atoms with Gasteiger partial charge in [-0.1, -0.05) is 39.0 Å². The molecule has 3 rings (SSSR count). The molecule has 2 heterocycles. The van der Waals surface area contributed by atoms with Gasteiger partial charge < -0.3 is 9.73 Å². The second-order valence-corrected chi connectivity index (χ2v) is 7.09. The van der Waals surface area contributed by atoms with Crippen LogP contribution in [0.3, 0.4) is 0 Å². The first-order valence-corrected chi connectivity index (χ1v) is 8.56. The minimum absolute atomic E-state index is 0.0891. The predicted molar refractivity (Wildman–Crippen MR) is 99.6 cm³/mol. The lowest BCUT2D eigenvalue weighted by atomic mass is 9.87. The summed E-state index contributed by atoms with van der Waals surface area (Å²) in [5.74, 6) is 0.689. The predicted octanol–water partition coefficient (Wildman–Crippen LogP) is 4.00. The third-order valence-electron chi connectivity index (χ3n) is 3.95. The SMILES string of the molecule is CC(C)(C)c1ccc(NC(=O)CCc2nnc(-c3ccccn3)o2)cc1. The molecule has 1 aromatic carbocycles. The number of anilines is 1. The van der Waals surface area contributed by atoms with Crippen molar-refractivity contribution in [3.05, 3.63) is 60.1 Å². The average Bonchev–Trinajstić information content (AvgIpc) is 3.09. The zero-order valence-electron chi connectivity index (χ0n) is 15.2. The lowest BCUT2D eigenvalue weighted by Crippen LogP contribution is -2.14. The molecule has 0 aliphatic rings. The fourth-order valence-electron chi connectivity index (χ4n) is 2.44. The Bertz CT molecular complexity index is 865. The largest absolute Gasteiger partial charge is 0.419 e. The van der Waals surface area contributed by atoms with Crippen LogP contribution in [0.1, 0.15) is 38.6 Å². The maximum atomic E-state index is 12.1. The van der Waals surface area contributed by atoms with Crippen LogP contribution in [0.2, 0.25) is 0 Å². The summed E-state index contributed by atoms with van der Waals surface area (Å²) in [7, 11) is 0. The zero-order valence-corrected chi connectivity index (χ0v) is 15.2. The van der Waals surface area contributed by atoms with E-state index >= 15 is 0 Å². The van der Waals surface area contributed by atoms with Crippen LogP contribution < -0.4 is 5.32 Å². The van der Waals surface area contributed by atoms with Gasteiger partial charge in [0.2, 0.25) is 11.8 Å². The molecule has 6 heteroatoms. The number of rotatable bonds is 5. The average molecular weight is 350 g/mol. The Hall–Kier alpha value is -3.02. The van der Waals surface area contributed by atoms with Crippen molar-refractivity contribution in [3.8, 4) is 11.6 Å². The molecule has 1 N–H and O–H groups in total. The van der Waals surface area contributed by atoms with Gasteiger partial charge in [-0.05, 0) is 35.2 Å². The van der Waals surface area contributed by atoms with E-state index < -0.39 is 0 Å². The van der Waals surface area contributed by atoms with Gasteiger partial charge >= 0.3 is 0 Å². The molecule has 134 valence electrons. The number of nitrogens with one attached hydrogen (secondary N) is 1. The minimum Gasteiger partial charge on any atom is -0.419 e. The highest BCUT2D eigenvalue weighted by Crippen LogP contribution is 2.23. The summed E-state index contributed by atoms with van der Waals surface area (Å²) in [6.45, 7) is 6.47. The normalized spacial score (nSPS) is 11.3. The van der Waals surface area contributed by atoms with Gasteiger partial charge in [0.25, 0.3) is 5.89 Å². The molecule has 2 aromatic heterocycles. The summed E-state index contributed by atoms with van der Waals surface area (Å²) in [5, 5.41) is 10.8. The zero-order chi connectivity index (χ0) is 18.6. The van der Waals surface area contributed by atoms with Crippen LogP contribution in [0.25, 0.3) is 11.6 Å². The van der Waals surface area contributed by atoms with Crippen LogP contribution in [0, 0.1) is 0 Å². The summed E-state index contributed by atoms with van der Waals surface area (Å²) >= 11 is 0. The number of benzene rings is 1. The Morgan fingerprint density at radius 3 is 2.50 bits per heavy atom. The number of pyridine rings is 1. The maximum Gasteiger partial charge on any atom is 0.266 e. The van der Waals surface area contributed by atoms with Crippen molar-refractivity contribution in [1.29, 1.82) is 0 Å². The topological polar surface area (TPSA) is 80.9 Å². The van der Waals surface area contributed by atoms with Gasteiger partial charge in [0, 0.05) is 24.7 Å². The molecule has 0 bridgehead atoms. The number of hydrogen-bond donors (Lipinski definition) is 1. The molecule has 1 amide bonds. The third kappa shape index (κ3) is 4.53. The first-order chi connectivity index (χ1) is 12.4. The summed E-state index contributed by atoms with van der Waals surface area (Å²) in [4.78, 5) is 16.3. The lowest BCUT2D eigenvalue weighted by Gasteiger charge is -2.19. The Morgan fingerprint density at radius 1 is 1.08 bits per heavy atom. The second-order valence-electron chi connectivity index (χ2n) is 7.09. The summed E-state index contributed by atoms with van der Waals surface area (Å²) in [5.41, 5.74) is 2.71. The van der Waals surface area contributed by atoms with Crippen molar-refractivity contribution < 1.29 is 9.21 Å². The first-order valence-electron chi connectivity index (χ1n) is 8.56. The standard InChI is InChI=1S/C20H22N4O2/c1-20(2,3)14-7-9-15(10-8-14)22-17(25)11-12-18-23-24-19(26-18)16-6-4-5-13-21-16/h4-10,13H,11-12H2,1-3H3,(H,22,25). The molecule has 0 fully saturated rings. The van der Waals surface area contributed by atoms with Gasteiger partial charge in [0.05, 0.1) is 0 Å². The smallest absolute Gasteiger partial charge is 0.266 e. The van der Waals surface area contributed by atoms with E-state index in [1.807, 2.05) is 36.4 Å². The van der Waals surface area contributed by atoms with Gasteiger partial charge in [-0.25, -0.2) is 0 Å². The van der Waals surface area contributed by atoms with E-state index in [0.717, 1.165) is 5.69 Å². The first kappa shape index (κ1) is 17.8. The molecule has 0 saturated carbocycles. The fraction of sp³-hybridized carbons (Fsp3) is 0.300. The summed E-state index contributed by atoms with van der Waals surface area (Å²) in [6, 6.07) is 13.4. The molecule has 0 unspecified atom stereocenters. The van der Waals surface area contributed by atoms with Crippen LogP contribution in [0.15, 0.2) is 53.1 Å². The summed E-state index contributed by atoms with van der Waals surface area (Å²) < 4.78 is 5.56. The molecule has 0 saturated heterocycles.